The van der Waals surface area contributed by atoms with Crippen LogP contribution >= 0.6 is 0 Å². The van der Waals surface area contributed by atoms with Crippen LogP contribution in [0.3, 0.4) is 0 Å². The fourth-order valence-electron chi connectivity index (χ4n) is 2.87. The number of hydrogen-bond donors (Lipinski definition) is 0. The molecule has 0 N–H and O–H groups in total. The van der Waals surface area contributed by atoms with Gasteiger partial charge < -0.3 is 9.47 Å². The zero-order valence-electron chi connectivity index (χ0n) is 19.7. The van der Waals surface area contributed by atoms with Gasteiger partial charge in [0.1, 0.15) is 0 Å². The third kappa shape index (κ3) is 19.5. The molecule has 168 valence electrons. The molecule has 0 saturated carbocycles. The molecular weight excluding hydrogens is 364 g/mol. The molecular formula is C25H44O4. The maximum atomic E-state index is 11.8. The van der Waals surface area contributed by atoms with Crippen LogP contribution < -0.4 is 0 Å². The van der Waals surface area contributed by atoms with E-state index in [2.05, 4.69) is 53.7 Å². The highest BCUT2D eigenvalue weighted by Gasteiger charge is 2.09. The van der Waals surface area contributed by atoms with E-state index >= 15 is 0 Å². The Morgan fingerprint density at radius 1 is 0.690 bits per heavy atom. The maximum absolute atomic E-state index is 11.8. The summed E-state index contributed by atoms with van der Waals surface area (Å²) in [5.74, 6) is 0.639. The number of allylic oxidation sites excluding steroid dienone is 4. The van der Waals surface area contributed by atoms with Crippen LogP contribution in [0.25, 0.3) is 0 Å². The monoisotopic (exact) mass is 408 g/mol. The lowest BCUT2D eigenvalue weighted by atomic mass is 10.0. The Morgan fingerprint density at radius 3 is 1.41 bits per heavy atom. The Kier molecular flexibility index (Phi) is 16.4. The zero-order valence-corrected chi connectivity index (χ0v) is 19.7. The van der Waals surface area contributed by atoms with Crippen molar-refractivity contribution in [3.63, 3.8) is 0 Å². The second-order valence-corrected chi connectivity index (χ2v) is 8.80. The lowest BCUT2D eigenvalue weighted by Gasteiger charge is -2.11. The Bertz CT molecular complexity index is 465. The molecule has 0 aromatic heterocycles. The average molecular weight is 409 g/mol. The van der Waals surface area contributed by atoms with Crippen LogP contribution in [0.4, 0.5) is 0 Å². The molecule has 0 aliphatic carbocycles. The van der Waals surface area contributed by atoms with Gasteiger partial charge in [-0.25, -0.2) is 0 Å². The number of carbonyl (C=O) groups excluding carboxylic acids is 2. The first-order valence-electron chi connectivity index (χ1n) is 11.3. The molecule has 29 heavy (non-hydrogen) atoms. The molecule has 0 fully saturated rings. The van der Waals surface area contributed by atoms with Gasteiger partial charge in [-0.15, -0.1) is 0 Å². The van der Waals surface area contributed by atoms with Gasteiger partial charge in [0.15, 0.2) is 0 Å². The van der Waals surface area contributed by atoms with Crippen molar-refractivity contribution in [3.8, 4) is 0 Å². The topological polar surface area (TPSA) is 52.6 Å². The second-order valence-electron chi connectivity index (χ2n) is 8.80. The van der Waals surface area contributed by atoms with E-state index in [0.717, 1.165) is 38.5 Å². The fraction of sp³-hybridized carbons (Fsp3) is 0.760. The molecule has 0 aromatic carbocycles. The van der Waals surface area contributed by atoms with Crippen molar-refractivity contribution in [2.45, 2.75) is 99.3 Å². The summed E-state index contributed by atoms with van der Waals surface area (Å²) in [5.41, 5.74) is 2.69. The Labute approximate surface area is 179 Å². The number of carbonyl (C=O) groups is 2. The van der Waals surface area contributed by atoms with Gasteiger partial charge in [-0.3, -0.25) is 9.59 Å². The van der Waals surface area contributed by atoms with Crippen molar-refractivity contribution in [2.24, 2.45) is 11.8 Å². The van der Waals surface area contributed by atoms with Crippen LogP contribution in [0.1, 0.15) is 99.3 Å². The third-order valence-electron chi connectivity index (χ3n) is 4.93. The van der Waals surface area contributed by atoms with E-state index in [1.807, 2.05) is 0 Å². The Hall–Kier alpha value is -1.58. The van der Waals surface area contributed by atoms with Crippen LogP contribution in [-0.2, 0) is 19.1 Å². The Morgan fingerprint density at radius 2 is 1.07 bits per heavy atom. The highest BCUT2D eigenvalue weighted by Crippen LogP contribution is 2.13. The predicted octanol–water partition coefficient (Wildman–Crippen LogP) is 6.79. The predicted molar refractivity (Wildman–Crippen MR) is 121 cm³/mol. The molecule has 4 nitrogen and oxygen atoms in total. The summed E-state index contributed by atoms with van der Waals surface area (Å²) in [7, 11) is 0. The van der Waals surface area contributed by atoms with Crippen molar-refractivity contribution in [3.05, 3.63) is 23.3 Å². The minimum absolute atomic E-state index is 0.220. The van der Waals surface area contributed by atoms with Gasteiger partial charge in [0.05, 0.1) is 13.2 Å². The zero-order chi connectivity index (χ0) is 22.1. The smallest absolute Gasteiger partial charge is 0.305 e. The minimum Gasteiger partial charge on any atom is -0.466 e. The van der Waals surface area contributed by atoms with Crippen LogP contribution in [0, 0.1) is 11.8 Å². The van der Waals surface area contributed by atoms with E-state index in [0.29, 0.717) is 31.5 Å². The summed E-state index contributed by atoms with van der Waals surface area (Å²) in [5, 5.41) is 0. The highest BCUT2D eigenvalue weighted by atomic mass is 16.5. The molecule has 2 atom stereocenters. The van der Waals surface area contributed by atoms with E-state index in [1.165, 1.54) is 11.1 Å². The van der Waals surface area contributed by atoms with E-state index in [-0.39, 0.29) is 24.8 Å². The minimum atomic E-state index is -0.220. The molecule has 0 aromatic rings. The lowest BCUT2D eigenvalue weighted by molar-refractivity contribution is -0.145. The second kappa shape index (κ2) is 17.3. The molecule has 0 saturated heterocycles. The van der Waals surface area contributed by atoms with Gasteiger partial charge in [-0.1, -0.05) is 37.1 Å². The van der Waals surface area contributed by atoms with Gasteiger partial charge >= 0.3 is 11.9 Å². The SMILES string of the molecule is CC(C)=CCCC(C)CCOC(=O)CCCC(=O)OCCC(C)CCC=C(C)C. The summed E-state index contributed by atoms with van der Waals surface area (Å²) in [4.78, 5) is 23.5. The summed E-state index contributed by atoms with van der Waals surface area (Å²) in [6.45, 7) is 13.7. The molecule has 0 amide bonds. The molecule has 0 bridgehead atoms. The lowest BCUT2D eigenvalue weighted by Crippen LogP contribution is -2.11. The first-order chi connectivity index (χ1) is 13.7. The van der Waals surface area contributed by atoms with Crippen molar-refractivity contribution in [1.82, 2.24) is 0 Å². The maximum Gasteiger partial charge on any atom is 0.305 e. The first-order valence-corrected chi connectivity index (χ1v) is 11.3. The van der Waals surface area contributed by atoms with Gasteiger partial charge in [0, 0.05) is 12.8 Å². The van der Waals surface area contributed by atoms with Crippen LogP contribution in [0.2, 0.25) is 0 Å². The van der Waals surface area contributed by atoms with Gasteiger partial charge in [-0.05, 0) is 84.5 Å². The van der Waals surface area contributed by atoms with E-state index in [4.69, 9.17) is 9.47 Å². The third-order valence-corrected chi connectivity index (χ3v) is 4.93. The van der Waals surface area contributed by atoms with E-state index < -0.39 is 0 Å². The summed E-state index contributed by atoms with van der Waals surface area (Å²) in [6.07, 6.45) is 11.7. The van der Waals surface area contributed by atoms with E-state index in [9.17, 15) is 9.59 Å². The number of rotatable bonds is 16. The van der Waals surface area contributed by atoms with Crippen LogP contribution in [0.5, 0.6) is 0 Å². The normalized spacial score (nSPS) is 12.6. The quantitative estimate of drug-likeness (QED) is 0.208. The van der Waals surface area contributed by atoms with Crippen molar-refractivity contribution < 1.29 is 19.1 Å². The van der Waals surface area contributed by atoms with Gasteiger partial charge in [-0.2, -0.15) is 0 Å². The van der Waals surface area contributed by atoms with Crippen molar-refractivity contribution >= 4 is 11.9 Å². The van der Waals surface area contributed by atoms with Crippen LogP contribution in [-0.4, -0.2) is 25.2 Å². The molecule has 2 unspecified atom stereocenters. The first kappa shape index (κ1) is 27.4. The molecule has 4 heteroatoms. The molecule has 0 heterocycles. The van der Waals surface area contributed by atoms with Crippen LogP contribution in [0.15, 0.2) is 23.3 Å². The summed E-state index contributed by atoms with van der Waals surface area (Å²) < 4.78 is 10.6. The summed E-state index contributed by atoms with van der Waals surface area (Å²) in [6, 6.07) is 0. The number of esters is 2. The Balaban J connectivity index is 3.67. The molecule has 0 spiro atoms. The fourth-order valence-corrected chi connectivity index (χ4v) is 2.87. The van der Waals surface area contributed by atoms with Gasteiger partial charge in [0.25, 0.3) is 0 Å². The molecule has 0 aliphatic rings. The number of hydrogen-bond acceptors (Lipinski definition) is 4. The highest BCUT2D eigenvalue weighted by molar-refractivity contribution is 5.72. The molecule has 0 radical (unpaired) electrons. The number of ether oxygens (including phenoxy) is 2. The van der Waals surface area contributed by atoms with Crippen molar-refractivity contribution in [2.75, 3.05) is 13.2 Å². The van der Waals surface area contributed by atoms with E-state index in [1.54, 1.807) is 0 Å². The summed E-state index contributed by atoms with van der Waals surface area (Å²) >= 11 is 0. The molecule has 0 aliphatic heterocycles. The van der Waals surface area contributed by atoms with Crippen molar-refractivity contribution in [1.29, 1.82) is 0 Å². The standard InChI is InChI=1S/C25H44O4/c1-20(2)10-7-12-22(5)16-18-28-24(26)14-9-15-25(27)29-19-17-23(6)13-8-11-21(3)4/h10-11,22-23H,7-9,12-19H2,1-6H3. The largest absolute Gasteiger partial charge is 0.466 e. The van der Waals surface area contributed by atoms with Gasteiger partial charge in [0.2, 0.25) is 0 Å². The average Bonchev–Trinajstić information content (AvgIpc) is 2.61. The molecule has 0 rings (SSSR count).